The van der Waals surface area contributed by atoms with Crippen molar-refractivity contribution in [2.45, 2.75) is 20.1 Å². The lowest BCUT2D eigenvalue weighted by atomic mass is 10.0. The van der Waals surface area contributed by atoms with Gasteiger partial charge in [0.1, 0.15) is 13.2 Å². The van der Waals surface area contributed by atoms with Gasteiger partial charge < -0.3 is 9.47 Å². The molecule has 0 atom stereocenters. The Hall–Kier alpha value is -3.85. The van der Waals surface area contributed by atoms with E-state index in [0.29, 0.717) is 25.0 Å². The first-order valence-corrected chi connectivity index (χ1v) is 10.3. The molecular weight excluding hydrogens is 382 g/mol. The zero-order valence-electron chi connectivity index (χ0n) is 17.6. The third-order valence-electron chi connectivity index (χ3n) is 5.09. The first kappa shape index (κ1) is 20.4. The third kappa shape index (κ3) is 5.20. The van der Waals surface area contributed by atoms with Crippen LogP contribution in [0.3, 0.4) is 0 Å². The molecule has 1 heterocycles. The molecule has 0 aliphatic carbocycles. The maximum atomic E-state index is 6.16. The van der Waals surface area contributed by atoms with Crippen molar-refractivity contribution in [2.75, 3.05) is 0 Å². The molecule has 0 radical (unpaired) electrons. The molecule has 154 valence electrons. The fraction of sp³-hybridized carbons (Fsp3) is 0.107. The van der Waals surface area contributed by atoms with E-state index in [-0.39, 0.29) is 0 Å². The van der Waals surface area contributed by atoms with Gasteiger partial charge in [-0.25, -0.2) is 0 Å². The molecule has 1 aromatic heterocycles. The number of ether oxygens (including phenoxy) is 2. The molecule has 3 aromatic carbocycles. The summed E-state index contributed by atoms with van der Waals surface area (Å²) in [6.45, 7) is 6.89. The Morgan fingerprint density at radius 3 is 2.06 bits per heavy atom. The molecule has 0 spiro atoms. The average molecular weight is 408 g/mol. The second kappa shape index (κ2) is 9.77. The van der Waals surface area contributed by atoms with Gasteiger partial charge in [-0.3, -0.25) is 0 Å². The molecule has 3 nitrogen and oxygen atoms in total. The zero-order chi connectivity index (χ0) is 21.5. The first-order chi connectivity index (χ1) is 15.2. The van der Waals surface area contributed by atoms with Gasteiger partial charge in [0.2, 0.25) is 11.8 Å². The normalized spacial score (nSPS) is 10.5. The van der Waals surface area contributed by atoms with Crippen LogP contribution in [0.5, 0.6) is 11.8 Å². The molecule has 4 aromatic rings. The topological polar surface area (TPSA) is 31.4 Å². The van der Waals surface area contributed by atoms with Crippen molar-refractivity contribution in [3.8, 4) is 22.9 Å². The van der Waals surface area contributed by atoms with Crippen molar-refractivity contribution < 1.29 is 9.47 Å². The van der Waals surface area contributed by atoms with Gasteiger partial charge in [-0.2, -0.15) is 4.98 Å². The standard InChI is InChI=1S/C28H25NO2/c1-3-24-18-25(15-14-21(24)2)26-16-17-27(30-19-22-10-6-4-7-11-22)29-28(26)31-20-23-12-8-5-9-13-23/h3-18H,1,19-20H2,2H3. The van der Waals surface area contributed by atoms with Gasteiger partial charge in [0, 0.05) is 11.6 Å². The Balaban J connectivity index is 1.63. The highest BCUT2D eigenvalue weighted by Crippen LogP contribution is 2.32. The number of hydrogen-bond donors (Lipinski definition) is 0. The summed E-state index contributed by atoms with van der Waals surface area (Å²) in [5.74, 6) is 1.08. The molecule has 0 aliphatic rings. The summed E-state index contributed by atoms with van der Waals surface area (Å²) in [4.78, 5) is 4.69. The summed E-state index contributed by atoms with van der Waals surface area (Å²) in [5, 5.41) is 0. The first-order valence-electron chi connectivity index (χ1n) is 10.3. The number of benzene rings is 3. The smallest absolute Gasteiger partial charge is 0.225 e. The lowest BCUT2D eigenvalue weighted by Crippen LogP contribution is -2.02. The molecule has 0 amide bonds. The second-order valence-corrected chi connectivity index (χ2v) is 7.33. The molecule has 3 heteroatoms. The Labute approximate surface area is 183 Å². The summed E-state index contributed by atoms with van der Waals surface area (Å²) in [6.07, 6.45) is 1.87. The van der Waals surface area contributed by atoms with E-state index in [2.05, 4.69) is 36.7 Å². The number of pyridine rings is 1. The average Bonchev–Trinajstić information content (AvgIpc) is 2.83. The number of hydrogen-bond acceptors (Lipinski definition) is 3. The quantitative estimate of drug-likeness (QED) is 0.320. The number of rotatable bonds is 8. The maximum absolute atomic E-state index is 6.16. The van der Waals surface area contributed by atoms with Gasteiger partial charge in [-0.1, -0.05) is 85.5 Å². The lowest BCUT2D eigenvalue weighted by Gasteiger charge is -2.14. The van der Waals surface area contributed by atoms with Crippen LogP contribution >= 0.6 is 0 Å². The minimum atomic E-state index is 0.434. The van der Waals surface area contributed by atoms with Crippen molar-refractivity contribution in [3.05, 3.63) is 120 Å². The van der Waals surface area contributed by atoms with E-state index in [1.807, 2.05) is 78.9 Å². The van der Waals surface area contributed by atoms with E-state index in [1.54, 1.807) is 0 Å². The number of aryl methyl sites for hydroxylation is 1. The summed E-state index contributed by atoms with van der Waals surface area (Å²) in [7, 11) is 0. The van der Waals surface area contributed by atoms with Gasteiger partial charge in [0.05, 0.1) is 0 Å². The summed E-state index contributed by atoms with van der Waals surface area (Å²) < 4.78 is 12.1. The second-order valence-electron chi connectivity index (χ2n) is 7.33. The van der Waals surface area contributed by atoms with E-state index in [4.69, 9.17) is 9.47 Å². The van der Waals surface area contributed by atoms with Crippen LogP contribution < -0.4 is 9.47 Å². The van der Waals surface area contributed by atoms with Gasteiger partial charge in [-0.05, 0) is 46.9 Å². The highest BCUT2D eigenvalue weighted by molar-refractivity contribution is 5.72. The summed E-state index contributed by atoms with van der Waals surface area (Å²) in [5.41, 5.74) is 6.41. The molecule has 0 aliphatic heterocycles. The van der Waals surface area contributed by atoms with Crippen molar-refractivity contribution in [3.63, 3.8) is 0 Å². The van der Waals surface area contributed by atoms with E-state index in [1.165, 1.54) is 5.56 Å². The van der Waals surface area contributed by atoms with Crippen LogP contribution in [-0.4, -0.2) is 4.98 Å². The van der Waals surface area contributed by atoms with Gasteiger partial charge in [0.25, 0.3) is 0 Å². The van der Waals surface area contributed by atoms with Crippen LogP contribution in [0.25, 0.3) is 17.2 Å². The summed E-state index contributed by atoms with van der Waals surface area (Å²) in [6, 6.07) is 30.3. The fourth-order valence-electron chi connectivity index (χ4n) is 3.32. The van der Waals surface area contributed by atoms with Gasteiger partial charge >= 0.3 is 0 Å². The SMILES string of the molecule is C=Cc1cc(-c2ccc(OCc3ccccc3)nc2OCc2ccccc2)ccc1C. The van der Waals surface area contributed by atoms with E-state index in [0.717, 1.165) is 27.8 Å². The van der Waals surface area contributed by atoms with Crippen LogP contribution in [0.2, 0.25) is 0 Å². The molecule has 0 bridgehead atoms. The number of nitrogens with zero attached hydrogens (tertiary/aromatic N) is 1. The van der Waals surface area contributed by atoms with Crippen molar-refractivity contribution in [1.82, 2.24) is 4.98 Å². The predicted octanol–water partition coefficient (Wildman–Crippen LogP) is 6.86. The van der Waals surface area contributed by atoms with Gasteiger partial charge in [0.15, 0.2) is 0 Å². The zero-order valence-corrected chi connectivity index (χ0v) is 17.6. The fourth-order valence-corrected chi connectivity index (χ4v) is 3.32. The molecule has 31 heavy (non-hydrogen) atoms. The van der Waals surface area contributed by atoms with Gasteiger partial charge in [-0.15, -0.1) is 0 Å². The molecule has 0 saturated heterocycles. The van der Waals surface area contributed by atoms with E-state index < -0.39 is 0 Å². The minimum absolute atomic E-state index is 0.434. The third-order valence-corrected chi connectivity index (χ3v) is 5.09. The molecule has 4 rings (SSSR count). The van der Waals surface area contributed by atoms with E-state index in [9.17, 15) is 0 Å². The molecule has 0 unspecified atom stereocenters. The van der Waals surface area contributed by atoms with Crippen LogP contribution in [0.4, 0.5) is 0 Å². The van der Waals surface area contributed by atoms with Crippen LogP contribution in [-0.2, 0) is 13.2 Å². The molecular formula is C28H25NO2. The van der Waals surface area contributed by atoms with Crippen molar-refractivity contribution in [2.24, 2.45) is 0 Å². The largest absolute Gasteiger partial charge is 0.473 e. The Bertz CT molecular complexity index is 1150. The Morgan fingerprint density at radius 1 is 0.774 bits per heavy atom. The predicted molar refractivity (Wildman–Crippen MR) is 126 cm³/mol. The number of aromatic nitrogens is 1. The van der Waals surface area contributed by atoms with Crippen molar-refractivity contribution in [1.29, 1.82) is 0 Å². The van der Waals surface area contributed by atoms with E-state index >= 15 is 0 Å². The van der Waals surface area contributed by atoms with Crippen molar-refractivity contribution >= 4 is 6.08 Å². The highest BCUT2D eigenvalue weighted by Gasteiger charge is 2.12. The van der Waals surface area contributed by atoms with Crippen LogP contribution in [0.1, 0.15) is 22.3 Å². The Kier molecular flexibility index (Phi) is 6.44. The maximum Gasteiger partial charge on any atom is 0.225 e. The summed E-state index contributed by atoms with van der Waals surface area (Å²) >= 11 is 0. The minimum Gasteiger partial charge on any atom is -0.473 e. The molecule has 0 saturated carbocycles. The Morgan fingerprint density at radius 2 is 1.42 bits per heavy atom. The highest BCUT2D eigenvalue weighted by atomic mass is 16.5. The lowest BCUT2D eigenvalue weighted by molar-refractivity contribution is 0.268. The monoisotopic (exact) mass is 407 g/mol. The molecule has 0 N–H and O–H groups in total. The molecule has 0 fully saturated rings. The van der Waals surface area contributed by atoms with Crippen LogP contribution in [0.15, 0.2) is 97.6 Å². The van der Waals surface area contributed by atoms with Crippen LogP contribution in [0, 0.1) is 6.92 Å².